The van der Waals surface area contributed by atoms with Gasteiger partial charge in [0.15, 0.2) is 0 Å². The number of likely N-dealkylation sites (N-methyl/N-ethyl adjacent to an activating group) is 1. The number of nitrogens with zero attached hydrogens (tertiary/aromatic N) is 3. The van der Waals surface area contributed by atoms with E-state index in [4.69, 9.17) is 16.6 Å². The van der Waals surface area contributed by atoms with E-state index in [1.54, 1.807) is 36.5 Å². The zero-order valence-corrected chi connectivity index (χ0v) is 24.1. The fourth-order valence-electron chi connectivity index (χ4n) is 5.15. The molecule has 5 rings (SSSR count). The first-order valence-electron chi connectivity index (χ1n) is 13.7. The van der Waals surface area contributed by atoms with Gasteiger partial charge in [-0.2, -0.15) is 0 Å². The van der Waals surface area contributed by atoms with E-state index in [0.29, 0.717) is 34.5 Å². The first-order chi connectivity index (χ1) is 19.8. The van der Waals surface area contributed by atoms with Gasteiger partial charge in [-0.05, 0) is 70.6 Å². The number of carbonyl (C=O) groups is 2. The molecule has 1 saturated carbocycles. The minimum Gasteiger partial charge on any atom is -0.358 e. The smallest absolute Gasteiger partial charge is 0.251 e. The van der Waals surface area contributed by atoms with Crippen LogP contribution in [0.4, 0.5) is 11.6 Å². The van der Waals surface area contributed by atoms with Crippen molar-refractivity contribution in [1.29, 1.82) is 0 Å². The molecule has 0 bridgehead atoms. The van der Waals surface area contributed by atoms with E-state index < -0.39 is 0 Å². The number of hydrogen-bond acceptors (Lipinski definition) is 6. The molecule has 0 unspecified atom stereocenters. The Hall–Kier alpha value is -4.21. The highest BCUT2D eigenvalue weighted by Crippen LogP contribution is 2.35. The fraction of sp³-hybridized carbons (Fsp3) is 0.290. The number of H-pyrrole nitrogens is 1. The first kappa shape index (κ1) is 28.3. The van der Waals surface area contributed by atoms with Crippen molar-refractivity contribution in [1.82, 2.24) is 25.2 Å². The third-order valence-electron chi connectivity index (χ3n) is 7.13. The van der Waals surface area contributed by atoms with Crippen LogP contribution in [0.5, 0.6) is 0 Å². The molecular weight excluding hydrogens is 538 g/mol. The zero-order chi connectivity index (χ0) is 28.9. The predicted octanol–water partition coefficient (Wildman–Crippen LogP) is 5.41. The summed E-state index contributed by atoms with van der Waals surface area (Å²) in [4.78, 5) is 39.5. The monoisotopic (exact) mass is 571 g/mol. The Kier molecular flexibility index (Phi) is 8.66. The minimum atomic E-state index is -0.207. The van der Waals surface area contributed by atoms with Gasteiger partial charge in [0.1, 0.15) is 0 Å². The number of aromatic nitrogens is 3. The number of amides is 2. The molecule has 4 aromatic rings. The Morgan fingerprint density at radius 3 is 2.63 bits per heavy atom. The number of carbonyl (C=O) groups excluding carboxylic acids is 2. The van der Waals surface area contributed by atoms with E-state index in [1.165, 1.54) is 6.08 Å². The van der Waals surface area contributed by atoms with Crippen LogP contribution >= 0.6 is 11.6 Å². The number of benzene rings is 2. The van der Waals surface area contributed by atoms with Crippen molar-refractivity contribution >= 4 is 46.0 Å². The molecule has 1 aliphatic rings. The van der Waals surface area contributed by atoms with Crippen molar-refractivity contribution < 1.29 is 9.59 Å². The number of anilines is 2. The highest BCUT2D eigenvalue weighted by molar-refractivity contribution is 6.33. The van der Waals surface area contributed by atoms with E-state index in [-0.39, 0.29) is 23.9 Å². The summed E-state index contributed by atoms with van der Waals surface area (Å²) in [6.07, 6.45) is 7.41. The van der Waals surface area contributed by atoms with Gasteiger partial charge < -0.3 is 25.8 Å². The van der Waals surface area contributed by atoms with Crippen LogP contribution in [0.1, 0.15) is 35.3 Å². The molecule has 2 amide bonds. The van der Waals surface area contributed by atoms with Crippen LogP contribution in [0.25, 0.3) is 22.2 Å². The van der Waals surface area contributed by atoms with Gasteiger partial charge in [0.2, 0.25) is 11.9 Å². The van der Waals surface area contributed by atoms with E-state index in [1.807, 2.05) is 44.1 Å². The third-order valence-corrected chi connectivity index (χ3v) is 7.41. The van der Waals surface area contributed by atoms with Crippen molar-refractivity contribution in [2.75, 3.05) is 31.3 Å². The summed E-state index contributed by atoms with van der Waals surface area (Å²) >= 11 is 6.54. The maximum absolute atomic E-state index is 12.9. The second kappa shape index (κ2) is 12.5. The average Bonchev–Trinajstić information content (AvgIpc) is 3.52. The molecule has 0 spiro atoms. The molecule has 1 fully saturated rings. The van der Waals surface area contributed by atoms with Crippen molar-refractivity contribution in [3.63, 3.8) is 0 Å². The maximum atomic E-state index is 12.9. The zero-order valence-electron chi connectivity index (χ0n) is 23.4. The Bertz CT molecular complexity index is 1580. The number of fused-ring (bicyclic) bond motifs is 1. The van der Waals surface area contributed by atoms with Gasteiger partial charge in [-0.15, -0.1) is 0 Å². The molecular formula is C31H34ClN7O2. The Balaban J connectivity index is 1.17. The number of halogens is 1. The summed E-state index contributed by atoms with van der Waals surface area (Å²) in [7, 11) is 3.87. The molecule has 2 heterocycles. The van der Waals surface area contributed by atoms with Crippen LogP contribution in [-0.4, -0.2) is 64.4 Å². The number of nitrogens with one attached hydrogen (secondary N) is 4. The van der Waals surface area contributed by atoms with Gasteiger partial charge in [-0.3, -0.25) is 9.59 Å². The molecule has 2 atom stereocenters. The molecule has 1 aliphatic carbocycles. The van der Waals surface area contributed by atoms with E-state index in [2.05, 4.69) is 32.0 Å². The number of para-hydroxylation sites is 1. The lowest BCUT2D eigenvalue weighted by atomic mass is 10.1. The highest BCUT2D eigenvalue weighted by atomic mass is 35.5. The van der Waals surface area contributed by atoms with Gasteiger partial charge in [0, 0.05) is 58.1 Å². The van der Waals surface area contributed by atoms with Gasteiger partial charge in [-0.25, -0.2) is 9.97 Å². The molecule has 0 saturated heterocycles. The summed E-state index contributed by atoms with van der Waals surface area (Å²) in [6.45, 7) is 2.70. The van der Waals surface area contributed by atoms with Crippen molar-refractivity contribution in [2.24, 2.45) is 0 Å². The van der Waals surface area contributed by atoms with Crippen LogP contribution < -0.4 is 16.0 Å². The fourth-order valence-corrected chi connectivity index (χ4v) is 5.33. The van der Waals surface area contributed by atoms with E-state index in [0.717, 1.165) is 41.4 Å². The first-order valence-corrected chi connectivity index (χ1v) is 14.0. The number of aromatic amines is 1. The summed E-state index contributed by atoms with van der Waals surface area (Å²) < 4.78 is 0. The molecule has 4 N–H and O–H groups in total. The van der Waals surface area contributed by atoms with Gasteiger partial charge in [-0.1, -0.05) is 35.9 Å². The maximum Gasteiger partial charge on any atom is 0.251 e. The third kappa shape index (κ3) is 6.93. The average molecular weight is 572 g/mol. The molecule has 2 aromatic carbocycles. The number of hydrogen-bond donors (Lipinski definition) is 4. The molecule has 212 valence electrons. The van der Waals surface area contributed by atoms with Crippen molar-refractivity contribution in [3.05, 3.63) is 83.2 Å². The molecule has 10 heteroatoms. The Morgan fingerprint density at radius 2 is 1.85 bits per heavy atom. The lowest BCUT2D eigenvalue weighted by molar-refractivity contribution is -0.111. The second-order valence-corrected chi connectivity index (χ2v) is 11.0. The number of rotatable bonds is 9. The lowest BCUT2D eigenvalue weighted by Crippen LogP contribution is -2.34. The van der Waals surface area contributed by atoms with E-state index >= 15 is 0 Å². The van der Waals surface area contributed by atoms with Gasteiger partial charge in [0.05, 0.1) is 16.9 Å². The van der Waals surface area contributed by atoms with Gasteiger partial charge >= 0.3 is 0 Å². The quantitative estimate of drug-likeness (QED) is 0.200. The van der Waals surface area contributed by atoms with Crippen LogP contribution in [0, 0.1) is 6.92 Å². The van der Waals surface area contributed by atoms with Crippen LogP contribution in [0.15, 0.2) is 66.9 Å². The molecule has 41 heavy (non-hydrogen) atoms. The normalized spacial score (nSPS) is 16.9. The SMILES string of the molecule is Cc1[nH]c2ccccc2c1-c1nc(N[C@@H]2CC[C@H](NC(=O)c3ccc(NC(=O)/C=C/CN(C)C)cc3)C2)ncc1Cl. The topological polar surface area (TPSA) is 115 Å². The summed E-state index contributed by atoms with van der Waals surface area (Å²) in [5.41, 5.74) is 4.86. The number of aryl methyl sites for hydroxylation is 1. The summed E-state index contributed by atoms with van der Waals surface area (Å²) in [6, 6.07) is 15.1. The van der Waals surface area contributed by atoms with Crippen molar-refractivity contribution in [3.8, 4) is 11.3 Å². The van der Waals surface area contributed by atoms with Crippen molar-refractivity contribution in [2.45, 2.75) is 38.3 Å². The Labute approximate surface area is 244 Å². The molecule has 9 nitrogen and oxygen atoms in total. The standard InChI is InChI=1S/C31H34ClN7O2/c1-19-28(24-7-4-5-8-26(24)34-19)29-25(32)18-33-31(38-29)37-23-15-14-22(17-23)36-30(41)20-10-12-21(13-11-20)35-27(40)9-6-16-39(2)3/h4-13,18,22-23,34H,14-17H2,1-3H3,(H,35,40)(H,36,41)(H,33,37,38)/b9-6+/t22-,23+/m0/s1. The predicted molar refractivity (Wildman–Crippen MR) is 164 cm³/mol. The summed E-state index contributed by atoms with van der Waals surface area (Å²) in [5.74, 6) is 0.168. The Morgan fingerprint density at radius 1 is 1.10 bits per heavy atom. The largest absolute Gasteiger partial charge is 0.358 e. The lowest BCUT2D eigenvalue weighted by Gasteiger charge is -2.16. The highest BCUT2D eigenvalue weighted by Gasteiger charge is 2.27. The van der Waals surface area contributed by atoms with Crippen LogP contribution in [-0.2, 0) is 4.79 Å². The van der Waals surface area contributed by atoms with Crippen LogP contribution in [0.3, 0.4) is 0 Å². The molecule has 0 radical (unpaired) electrons. The molecule has 2 aromatic heterocycles. The van der Waals surface area contributed by atoms with Crippen LogP contribution in [0.2, 0.25) is 5.02 Å². The second-order valence-electron chi connectivity index (χ2n) is 10.6. The summed E-state index contributed by atoms with van der Waals surface area (Å²) in [5, 5.41) is 10.9. The van der Waals surface area contributed by atoms with E-state index in [9.17, 15) is 9.59 Å². The minimum absolute atomic E-state index is 0.0313. The molecule has 0 aliphatic heterocycles. The van der Waals surface area contributed by atoms with Gasteiger partial charge in [0.25, 0.3) is 5.91 Å².